The first-order valence-electron chi connectivity index (χ1n) is 9.37. The van der Waals surface area contributed by atoms with Crippen molar-refractivity contribution in [2.45, 2.75) is 57.8 Å². The van der Waals surface area contributed by atoms with Crippen LogP contribution in [0.2, 0.25) is 0 Å². The standard InChI is InChI=1S/C18H26N4O7/c1-6-26-15(24)18(22-8-7-14(19-11(2)23)20-16(22)25)9-12(21(5)29-18)13-10-27-17(3,4)28-13/h7-8,12-13H,6,9-10H2,1-5H3,(H,19,20,23,25)/t12-,13-,18-/m1/s1. The molecule has 0 bridgehead atoms. The van der Waals surface area contributed by atoms with Gasteiger partial charge >= 0.3 is 11.7 Å². The Morgan fingerprint density at radius 2 is 2.14 bits per heavy atom. The maximum absolute atomic E-state index is 12.9. The molecule has 0 aromatic carbocycles. The van der Waals surface area contributed by atoms with Crippen LogP contribution in [0.4, 0.5) is 5.82 Å². The van der Waals surface area contributed by atoms with Crippen LogP contribution in [0.15, 0.2) is 17.1 Å². The van der Waals surface area contributed by atoms with Gasteiger partial charge in [0, 0.05) is 26.6 Å². The number of ether oxygens (including phenoxy) is 3. The van der Waals surface area contributed by atoms with Crippen molar-refractivity contribution >= 4 is 17.7 Å². The molecule has 0 spiro atoms. The molecule has 160 valence electrons. The van der Waals surface area contributed by atoms with E-state index in [4.69, 9.17) is 19.0 Å². The lowest BCUT2D eigenvalue weighted by atomic mass is 10.0. The minimum Gasteiger partial charge on any atom is -0.462 e. The third-order valence-corrected chi connectivity index (χ3v) is 4.80. The van der Waals surface area contributed by atoms with Crippen LogP contribution in [0.5, 0.6) is 0 Å². The number of hydrogen-bond donors (Lipinski definition) is 1. The van der Waals surface area contributed by atoms with E-state index in [0.717, 1.165) is 4.57 Å². The number of esters is 1. The van der Waals surface area contributed by atoms with Gasteiger partial charge in [-0.1, -0.05) is 0 Å². The summed E-state index contributed by atoms with van der Waals surface area (Å²) >= 11 is 0. The topological polar surface area (TPSA) is 121 Å². The highest BCUT2D eigenvalue weighted by molar-refractivity contribution is 5.87. The fraction of sp³-hybridized carbons (Fsp3) is 0.667. The highest BCUT2D eigenvalue weighted by Crippen LogP contribution is 2.39. The Labute approximate surface area is 167 Å². The Morgan fingerprint density at radius 1 is 1.41 bits per heavy atom. The molecule has 2 aliphatic heterocycles. The van der Waals surface area contributed by atoms with Crippen LogP contribution in [0.1, 0.15) is 34.1 Å². The molecule has 1 N–H and O–H groups in total. The lowest BCUT2D eigenvalue weighted by Crippen LogP contribution is -2.49. The van der Waals surface area contributed by atoms with Crippen molar-refractivity contribution in [2.75, 3.05) is 25.6 Å². The van der Waals surface area contributed by atoms with Gasteiger partial charge in [0.2, 0.25) is 5.91 Å². The minimum absolute atomic E-state index is 0.0786. The van der Waals surface area contributed by atoms with Gasteiger partial charge in [-0.25, -0.2) is 9.59 Å². The second-order valence-corrected chi connectivity index (χ2v) is 7.43. The van der Waals surface area contributed by atoms with Crippen molar-refractivity contribution in [1.82, 2.24) is 14.6 Å². The molecule has 0 unspecified atom stereocenters. The summed E-state index contributed by atoms with van der Waals surface area (Å²) in [5, 5.41) is 3.92. The molecule has 0 saturated carbocycles. The number of carbonyl (C=O) groups excluding carboxylic acids is 2. The first-order chi connectivity index (χ1) is 13.6. The summed E-state index contributed by atoms with van der Waals surface area (Å²) in [5.41, 5.74) is -2.51. The second-order valence-electron chi connectivity index (χ2n) is 7.43. The van der Waals surface area contributed by atoms with Gasteiger partial charge in [0.15, 0.2) is 5.79 Å². The van der Waals surface area contributed by atoms with Gasteiger partial charge < -0.3 is 19.5 Å². The Bertz CT molecular complexity index is 855. The van der Waals surface area contributed by atoms with E-state index in [1.165, 1.54) is 24.3 Å². The van der Waals surface area contributed by atoms with E-state index in [1.54, 1.807) is 27.8 Å². The van der Waals surface area contributed by atoms with Gasteiger partial charge in [0.25, 0.3) is 5.72 Å². The second kappa shape index (κ2) is 7.82. The minimum atomic E-state index is -1.75. The zero-order valence-corrected chi connectivity index (χ0v) is 17.1. The number of amides is 1. The van der Waals surface area contributed by atoms with Crippen LogP contribution in [0.3, 0.4) is 0 Å². The molecular weight excluding hydrogens is 384 g/mol. The first-order valence-corrected chi connectivity index (χ1v) is 9.37. The molecule has 0 aliphatic carbocycles. The van der Waals surface area contributed by atoms with Crippen molar-refractivity contribution in [3.8, 4) is 0 Å². The smallest absolute Gasteiger partial charge is 0.362 e. The number of nitrogens with zero attached hydrogens (tertiary/aromatic N) is 3. The van der Waals surface area contributed by atoms with E-state index < -0.39 is 23.2 Å². The van der Waals surface area contributed by atoms with Gasteiger partial charge in [-0.3, -0.25) is 14.2 Å². The average Bonchev–Trinajstić information content (AvgIpc) is 3.15. The molecule has 29 heavy (non-hydrogen) atoms. The number of rotatable bonds is 5. The van der Waals surface area contributed by atoms with Crippen LogP contribution < -0.4 is 11.0 Å². The summed E-state index contributed by atoms with van der Waals surface area (Å²) < 4.78 is 17.8. The lowest BCUT2D eigenvalue weighted by molar-refractivity contribution is -0.243. The summed E-state index contributed by atoms with van der Waals surface area (Å²) in [6.45, 7) is 7.00. The summed E-state index contributed by atoms with van der Waals surface area (Å²) in [6, 6.07) is 1.04. The zero-order valence-electron chi connectivity index (χ0n) is 17.1. The normalized spacial score (nSPS) is 29.0. The third-order valence-electron chi connectivity index (χ3n) is 4.80. The van der Waals surface area contributed by atoms with Crippen molar-refractivity contribution in [1.29, 1.82) is 0 Å². The van der Waals surface area contributed by atoms with E-state index >= 15 is 0 Å². The molecule has 3 heterocycles. The molecule has 2 saturated heterocycles. The predicted molar refractivity (Wildman–Crippen MR) is 99.6 cm³/mol. The Morgan fingerprint density at radius 3 is 2.69 bits per heavy atom. The van der Waals surface area contributed by atoms with E-state index in [9.17, 15) is 14.4 Å². The Kier molecular flexibility index (Phi) is 5.77. The van der Waals surface area contributed by atoms with Crippen molar-refractivity contribution in [3.05, 3.63) is 22.7 Å². The summed E-state index contributed by atoms with van der Waals surface area (Å²) in [4.78, 5) is 46.6. The molecule has 1 amide bonds. The van der Waals surface area contributed by atoms with Crippen molar-refractivity contribution in [2.24, 2.45) is 0 Å². The molecule has 2 aliphatic rings. The predicted octanol–water partition coefficient (Wildman–Crippen LogP) is 0.205. The third kappa shape index (κ3) is 4.17. The molecule has 3 atom stereocenters. The largest absolute Gasteiger partial charge is 0.462 e. The first kappa shape index (κ1) is 21.4. The van der Waals surface area contributed by atoms with Gasteiger partial charge in [0.05, 0.1) is 19.3 Å². The number of nitrogens with one attached hydrogen (secondary N) is 1. The monoisotopic (exact) mass is 410 g/mol. The maximum atomic E-state index is 12.9. The zero-order chi connectivity index (χ0) is 21.4. The number of carbonyl (C=O) groups is 2. The van der Waals surface area contributed by atoms with Gasteiger partial charge in [0.1, 0.15) is 11.9 Å². The van der Waals surface area contributed by atoms with E-state index in [2.05, 4.69) is 10.3 Å². The molecule has 11 heteroatoms. The fourth-order valence-corrected chi connectivity index (χ4v) is 3.56. The average molecular weight is 410 g/mol. The summed E-state index contributed by atoms with van der Waals surface area (Å²) in [7, 11) is 1.66. The van der Waals surface area contributed by atoms with Gasteiger partial charge in [-0.2, -0.15) is 10.0 Å². The summed E-state index contributed by atoms with van der Waals surface area (Å²) in [6.07, 6.45) is 1.07. The molecule has 3 rings (SSSR count). The molecule has 11 nitrogen and oxygen atoms in total. The van der Waals surface area contributed by atoms with Gasteiger partial charge in [-0.15, -0.1) is 0 Å². The lowest BCUT2D eigenvalue weighted by Gasteiger charge is -2.27. The van der Waals surface area contributed by atoms with Crippen LogP contribution in [0, 0.1) is 0 Å². The Hall–Kier alpha value is -2.34. The van der Waals surface area contributed by atoms with Crippen LogP contribution >= 0.6 is 0 Å². The van der Waals surface area contributed by atoms with E-state index in [0.29, 0.717) is 6.61 Å². The van der Waals surface area contributed by atoms with E-state index in [1.807, 2.05) is 0 Å². The van der Waals surface area contributed by atoms with Gasteiger partial charge in [-0.05, 0) is 26.8 Å². The Balaban J connectivity index is 1.97. The number of hydroxylamine groups is 2. The van der Waals surface area contributed by atoms with Crippen molar-refractivity contribution in [3.63, 3.8) is 0 Å². The van der Waals surface area contributed by atoms with Crippen LogP contribution in [-0.4, -0.2) is 64.7 Å². The molecule has 0 radical (unpaired) electrons. The number of aromatic nitrogens is 2. The molecule has 1 aromatic heterocycles. The quantitative estimate of drug-likeness (QED) is 0.679. The SMILES string of the molecule is CCOC(=O)[C@@]1(n2ccc(NC(C)=O)nc2=O)C[C@H]([C@H]2COC(C)(C)O2)N(C)O1. The van der Waals surface area contributed by atoms with Crippen LogP contribution in [-0.2, 0) is 34.4 Å². The number of likely N-dealkylation sites (N-methyl/N-ethyl adjacent to an activating group) is 1. The summed E-state index contributed by atoms with van der Waals surface area (Å²) in [5.74, 6) is -1.76. The highest BCUT2D eigenvalue weighted by Gasteiger charge is 2.57. The molecule has 2 fully saturated rings. The molecule has 1 aromatic rings. The highest BCUT2D eigenvalue weighted by atomic mass is 16.8. The van der Waals surface area contributed by atoms with Crippen molar-refractivity contribution < 1.29 is 28.6 Å². The fourth-order valence-electron chi connectivity index (χ4n) is 3.56. The number of hydrogen-bond acceptors (Lipinski definition) is 9. The van der Waals surface area contributed by atoms with E-state index in [-0.39, 0.29) is 36.9 Å². The van der Waals surface area contributed by atoms with Crippen LogP contribution in [0.25, 0.3) is 0 Å². The molecular formula is C18H26N4O7. The number of anilines is 1. The maximum Gasteiger partial charge on any atom is 0.362 e.